The third-order valence-electron chi connectivity index (χ3n) is 5.23. The average molecular weight is 450 g/mol. The topological polar surface area (TPSA) is 105 Å². The maximum absolute atomic E-state index is 13.3. The van der Waals surface area contributed by atoms with Crippen LogP contribution in [0.2, 0.25) is 5.02 Å². The number of methoxy groups -OCH3 is 1. The zero-order chi connectivity index (χ0) is 21.6. The third kappa shape index (κ3) is 3.88. The van der Waals surface area contributed by atoms with E-state index >= 15 is 0 Å². The van der Waals surface area contributed by atoms with Crippen LogP contribution in [0.25, 0.3) is 11.1 Å². The van der Waals surface area contributed by atoms with E-state index in [4.69, 9.17) is 16.3 Å². The van der Waals surface area contributed by atoms with E-state index in [0.717, 1.165) is 6.26 Å². The largest absolute Gasteiger partial charge is 0.496 e. The van der Waals surface area contributed by atoms with E-state index in [2.05, 4.69) is 10.0 Å². The molecule has 1 saturated heterocycles. The maximum Gasteiger partial charge on any atom is 0.256 e. The Morgan fingerprint density at radius 1 is 1.17 bits per heavy atom. The van der Waals surface area contributed by atoms with Gasteiger partial charge >= 0.3 is 0 Å². The first-order valence-corrected chi connectivity index (χ1v) is 11.5. The summed E-state index contributed by atoms with van der Waals surface area (Å²) in [4.78, 5) is 27.4. The van der Waals surface area contributed by atoms with Crippen LogP contribution in [0.15, 0.2) is 36.4 Å². The van der Waals surface area contributed by atoms with E-state index in [0.29, 0.717) is 33.1 Å². The Morgan fingerprint density at radius 2 is 1.93 bits per heavy atom. The van der Waals surface area contributed by atoms with Crippen LogP contribution in [-0.4, -0.2) is 57.1 Å². The van der Waals surface area contributed by atoms with Crippen molar-refractivity contribution in [1.29, 1.82) is 0 Å². The Balaban J connectivity index is 1.73. The molecule has 0 saturated carbocycles. The van der Waals surface area contributed by atoms with E-state index in [1.807, 2.05) is 0 Å². The van der Waals surface area contributed by atoms with Crippen molar-refractivity contribution in [2.24, 2.45) is 0 Å². The number of hydrogen-bond acceptors (Lipinski definition) is 5. The molecule has 8 nitrogen and oxygen atoms in total. The average Bonchev–Trinajstić information content (AvgIpc) is 3.06. The fraction of sp³-hybridized carbons (Fsp3) is 0.300. The molecule has 0 bridgehead atoms. The molecule has 2 aromatic rings. The highest BCUT2D eigenvalue weighted by atomic mass is 35.5. The van der Waals surface area contributed by atoms with Gasteiger partial charge in [-0.3, -0.25) is 9.59 Å². The number of hydrogen-bond donors (Lipinski definition) is 2. The lowest BCUT2D eigenvalue weighted by Crippen LogP contribution is -2.41. The molecule has 30 heavy (non-hydrogen) atoms. The lowest BCUT2D eigenvalue weighted by molar-refractivity contribution is -0.119. The molecule has 4 rings (SSSR count). The van der Waals surface area contributed by atoms with Gasteiger partial charge in [-0.25, -0.2) is 13.1 Å². The van der Waals surface area contributed by atoms with Gasteiger partial charge < -0.3 is 15.0 Å². The lowest BCUT2D eigenvalue weighted by atomic mass is 10.0. The first kappa shape index (κ1) is 20.6. The summed E-state index contributed by atoms with van der Waals surface area (Å²) in [7, 11) is -1.91. The summed E-state index contributed by atoms with van der Waals surface area (Å²) >= 11 is 6.14. The summed E-state index contributed by atoms with van der Waals surface area (Å²) < 4.78 is 31.0. The van der Waals surface area contributed by atoms with Crippen molar-refractivity contribution in [3.05, 3.63) is 47.0 Å². The predicted octanol–water partition coefficient (Wildman–Crippen LogP) is 2.10. The highest BCUT2D eigenvalue weighted by Crippen LogP contribution is 2.36. The van der Waals surface area contributed by atoms with Gasteiger partial charge in [-0.05, 0) is 42.3 Å². The predicted molar refractivity (Wildman–Crippen MR) is 113 cm³/mol. The van der Waals surface area contributed by atoms with Crippen LogP contribution in [-0.2, 0) is 14.8 Å². The Kier molecular flexibility index (Phi) is 5.21. The smallest absolute Gasteiger partial charge is 0.256 e. The second kappa shape index (κ2) is 7.57. The first-order valence-electron chi connectivity index (χ1n) is 9.23. The van der Waals surface area contributed by atoms with Crippen LogP contribution in [0.5, 0.6) is 5.75 Å². The Hall–Kier alpha value is -2.62. The minimum Gasteiger partial charge on any atom is -0.496 e. The standard InChI is InChI=1S/C20H20ClN3O5S/c1-29-18-6-4-12(21)8-14(18)11-3-5-16-15(7-11)20(26)24-10-13(23-30(2,27)28)9-17(24)19(25)22-16/h3-8,13,17,23H,9-10H2,1-2H3,(H,22,25)/t13-,17-/m0/s1. The van der Waals surface area contributed by atoms with Gasteiger partial charge in [0.15, 0.2) is 0 Å². The number of rotatable bonds is 4. The number of anilines is 1. The van der Waals surface area contributed by atoms with Crippen LogP contribution in [0.4, 0.5) is 5.69 Å². The summed E-state index contributed by atoms with van der Waals surface area (Å²) in [6.07, 6.45) is 1.27. The second-order valence-electron chi connectivity index (χ2n) is 7.39. The van der Waals surface area contributed by atoms with Crippen LogP contribution >= 0.6 is 11.6 Å². The quantitative estimate of drug-likeness (QED) is 0.743. The molecule has 2 atom stereocenters. The minimum atomic E-state index is -3.46. The van der Waals surface area contributed by atoms with Gasteiger partial charge in [-0.15, -0.1) is 0 Å². The van der Waals surface area contributed by atoms with Crippen molar-refractivity contribution in [2.45, 2.75) is 18.5 Å². The van der Waals surface area contributed by atoms with E-state index in [9.17, 15) is 18.0 Å². The summed E-state index contributed by atoms with van der Waals surface area (Å²) in [6.45, 7) is 0.119. The van der Waals surface area contributed by atoms with Gasteiger partial charge in [0, 0.05) is 23.2 Å². The summed E-state index contributed by atoms with van der Waals surface area (Å²) in [6, 6.07) is 9.08. The number of halogens is 1. The van der Waals surface area contributed by atoms with Gasteiger partial charge in [0.05, 0.1) is 24.6 Å². The van der Waals surface area contributed by atoms with Crippen LogP contribution in [0.1, 0.15) is 16.8 Å². The van der Waals surface area contributed by atoms with E-state index in [-0.39, 0.29) is 24.8 Å². The Morgan fingerprint density at radius 3 is 2.63 bits per heavy atom. The number of nitrogens with one attached hydrogen (secondary N) is 2. The zero-order valence-corrected chi connectivity index (χ0v) is 17.9. The molecular weight excluding hydrogens is 430 g/mol. The molecule has 0 radical (unpaired) electrons. The number of ether oxygens (including phenoxy) is 1. The van der Waals surface area contributed by atoms with Crippen LogP contribution in [0.3, 0.4) is 0 Å². The summed E-state index contributed by atoms with van der Waals surface area (Å²) in [5, 5.41) is 3.31. The molecule has 158 valence electrons. The van der Waals surface area contributed by atoms with Gasteiger partial charge in [-0.2, -0.15) is 0 Å². The molecule has 10 heteroatoms. The number of benzene rings is 2. The minimum absolute atomic E-state index is 0.119. The third-order valence-corrected chi connectivity index (χ3v) is 6.22. The fourth-order valence-corrected chi connectivity index (χ4v) is 4.92. The van der Waals surface area contributed by atoms with Gasteiger partial charge in [0.1, 0.15) is 11.8 Å². The van der Waals surface area contributed by atoms with E-state index in [1.165, 1.54) is 4.90 Å². The molecule has 0 aromatic heterocycles. The van der Waals surface area contributed by atoms with E-state index in [1.54, 1.807) is 43.5 Å². The number of sulfonamides is 1. The normalized spacial score (nSPS) is 21.0. The zero-order valence-electron chi connectivity index (χ0n) is 16.3. The van der Waals surface area contributed by atoms with Gasteiger partial charge in [0.25, 0.3) is 5.91 Å². The summed E-state index contributed by atoms with van der Waals surface area (Å²) in [5.74, 6) is -0.0806. The maximum atomic E-state index is 13.3. The Labute approximate surface area is 179 Å². The lowest BCUT2D eigenvalue weighted by Gasteiger charge is -2.20. The molecule has 2 aliphatic rings. The SMILES string of the molecule is COc1ccc(Cl)cc1-c1ccc2c(c1)C(=O)N1C[C@@H](NS(C)(=O)=O)C[C@H]1C(=O)N2. The molecule has 1 fully saturated rings. The Bertz CT molecular complexity index is 1150. The van der Waals surface area contributed by atoms with Crippen molar-refractivity contribution < 1.29 is 22.7 Å². The van der Waals surface area contributed by atoms with Crippen LogP contribution in [0, 0.1) is 0 Å². The van der Waals surface area contributed by atoms with E-state index < -0.39 is 22.1 Å². The van der Waals surface area contributed by atoms with Crippen molar-refractivity contribution in [2.75, 3.05) is 25.2 Å². The molecule has 2 aliphatic heterocycles. The van der Waals surface area contributed by atoms with Crippen LogP contribution < -0.4 is 14.8 Å². The number of amides is 2. The highest BCUT2D eigenvalue weighted by molar-refractivity contribution is 7.88. The van der Waals surface area contributed by atoms with Crippen molar-refractivity contribution in [1.82, 2.24) is 9.62 Å². The second-order valence-corrected chi connectivity index (χ2v) is 9.61. The van der Waals surface area contributed by atoms with Crippen molar-refractivity contribution >= 4 is 39.1 Å². The monoisotopic (exact) mass is 449 g/mol. The molecule has 2 amide bonds. The number of carbonyl (C=O) groups is 2. The molecule has 0 spiro atoms. The van der Waals surface area contributed by atoms with Gasteiger partial charge in [-0.1, -0.05) is 17.7 Å². The highest BCUT2D eigenvalue weighted by Gasteiger charge is 2.43. The molecular formula is C20H20ClN3O5S. The number of fused-ring (bicyclic) bond motifs is 2. The molecule has 2 N–H and O–H groups in total. The van der Waals surface area contributed by atoms with Crippen molar-refractivity contribution in [3.63, 3.8) is 0 Å². The number of nitrogens with zero attached hydrogens (tertiary/aromatic N) is 1. The first-order chi connectivity index (χ1) is 14.2. The van der Waals surface area contributed by atoms with Gasteiger partial charge in [0.2, 0.25) is 15.9 Å². The molecule has 2 heterocycles. The number of carbonyl (C=O) groups excluding carboxylic acids is 2. The molecule has 2 aromatic carbocycles. The summed E-state index contributed by atoms with van der Waals surface area (Å²) in [5.41, 5.74) is 2.16. The fourth-order valence-electron chi connectivity index (χ4n) is 3.97. The molecule has 0 unspecified atom stereocenters. The molecule has 0 aliphatic carbocycles. The van der Waals surface area contributed by atoms with Crippen molar-refractivity contribution in [3.8, 4) is 16.9 Å².